The highest BCUT2D eigenvalue weighted by molar-refractivity contribution is 6.62. The molecule has 4 nitrogen and oxygen atoms in total. The van der Waals surface area contributed by atoms with E-state index < -0.39 is 42.7 Å². The lowest BCUT2D eigenvalue weighted by Gasteiger charge is -2.32. The molecule has 1 aliphatic heterocycles. The Morgan fingerprint density at radius 1 is 1.24 bits per heavy atom. The van der Waals surface area contributed by atoms with Crippen LogP contribution in [-0.4, -0.2) is 29.3 Å². The Morgan fingerprint density at radius 3 is 2.24 bits per heavy atom. The second-order valence-electron chi connectivity index (χ2n) is 6.06. The largest absolute Gasteiger partial charge is 0.496 e. The van der Waals surface area contributed by atoms with E-state index in [2.05, 4.69) is 0 Å². The van der Waals surface area contributed by atoms with Crippen LogP contribution in [0.25, 0.3) is 0 Å². The van der Waals surface area contributed by atoms with Crippen molar-refractivity contribution < 1.29 is 22.5 Å². The van der Waals surface area contributed by atoms with E-state index in [1.165, 1.54) is 0 Å². The molecule has 8 heteroatoms. The zero-order chi connectivity index (χ0) is 16.0. The van der Waals surface area contributed by atoms with Crippen LogP contribution in [0.5, 0.6) is 0 Å². The van der Waals surface area contributed by atoms with Gasteiger partial charge in [-0.3, -0.25) is 4.79 Å². The van der Waals surface area contributed by atoms with E-state index in [-0.39, 0.29) is 5.46 Å². The molecule has 21 heavy (non-hydrogen) atoms. The molecule has 1 aromatic rings. The fraction of sp³-hybridized carbons (Fsp3) is 0.615. The first-order valence-corrected chi connectivity index (χ1v) is 6.57. The summed E-state index contributed by atoms with van der Waals surface area (Å²) in [6.45, 7) is 6.40. The van der Waals surface area contributed by atoms with E-state index in [1.54, 1.807) is 0 Å². The van der Waals surface area contributed by atoms with Gasteiger partial charge in [0.05, 0.1) is 17.7 Å². The van der Waals surface area contributed by atoms with Crippen molar-refractivity contribution in [2.75, 3.05) is 0 Å². The molecular formula is C13H17BF3NO3. The number of nitrogens with zero attached hydrogens (tertiary/aromatic N) is 1. The van der Waals surface area contributed by atoms with Crippen molar-refractivity contribution in [3.63, 3.8) is 0 Å². The van der Waals surface area contributed by atoms with Gasteiger partial charge in [-0.15, -0.1) is 0 Å². The lowest BCUT2D eigenvalue weighted by atomic mass is 9.80. The predicted molar refractivity (Wildman–Crippen MR) is 72.4 cm³/mol. The standard InChI is InChI=1S/C13H17BF3NO3/c1-12(2)13(3,4)21-14(20-12)8-5-9(15)11(19)18(6-8)7-10(16)17/h5-6,10H,7H2,1-4H3. The number of halogens is 3. The molecule has 0 bridgehead atoms. The summed E-state index contributed by atoms with van der Waals surface area (Å²) in [4.78, 5) is 11.5. The summed E-state index contributed by atoms with van der Waals surface area (Å²) in [6.07, 6.45) is -1.60. The fourth-order valence-electron chi connectivity index (χ4n) is 2.01. The molecule has 116 valence electrons. The molecular weight excluding hydrogens is 286 g/mol. The molecule has 0 spiro atoms. The van der Waals surface area contributed by atoms with Gasteiger partial charge in [0.1, 0.15) is 0 Å². The highest BCUT2D eigenvalue weighted by Crippen LogP contribution is 2.36. The van der Waals surface area contributed by atoms with E-state index >= 15 is 0 Å². The van der Waals surface area contributed by atoms with Gasteiger partial charge in [0.2, 0.25) is 0 Å². The van der Waals surface area contributed by atoms with Crippen molar-refractivity contribution in [3.8, 4) is 0 Å². The zero-order valence-corrected chi connectivity index (χ0v) is 12.3. The smallest absolute Gasteiger partial charge is 0.399 e. The Balaban J connectivity index is 2.38. The van der Waals surface area contributed by atoms with Crippen LogP contribution in [0.2, 0.25) is 0 Å². The Morgan fingerprint density at radius 2 is 1.76 bits per heavy atom. The molecule has 2 heterocycles. The first-order chi connectivity index (χ1) is 9.53. The second-order valence-corrected chi connectivity index (χ2v) is 6.06. The van der Waals surface area contributed by atoms with Gasteiger partial charge in [0, 0.05) is 11.7 Å². The van der Waals surface area contributed by atoms with Crippen molar-refractivity contribution in [1.29, 1.82) is 0 Å². The summed E-state index contributed by atoms with van der Waals surface area (Å²) < 4.78 is 50.6. The number of hydrogen-bond acceptors (Lipinski definition) is 3. The minimum Gasteiger partial charge on any atom is -0.399 e. The average molecular weight is 303 g/mol. The van der Waals surface area contributed by atoms with E-state index in [4.69, 9.17) is 9.31 Å². The summed E-state index contributed by atoms with van der Waals surface area (Å²) in [7, 11) is -0.908. The number of rotatable bonds is 3. The van der Waals surface area contributed by atoms with Crippen LogP contribution in [0, 0.1) is 5.82 Å². The third-order valence-corrected chi connectivity index (χ3v) is 3.92. The topological polar surface area (TPSA) is 40.5 Å². The molecule has 0 saturated carbocycles. The number of pyridine rings is 1. The van der Waals surface area contributed by atoms with Crippen LogP contribution in [-0.2, 0) is 15.9 Å². The van der Waals surface area contributed by atoms with E-state index in [9.17, 15) is 18.0 Å². The van der Waals surface area contributed by atoms with Gasteiger partial charge in [0.15, 0.2) is 5.82 Å². The van der Waals surface area contributed by atoms with Crippen molar-refractivity contribution in [2.24, 2.45) is 0 Å². The molecule has 1 aromatic heterocycles. The van der Waals surface area contributed by atoms with Gasteiger partial charge >= 0.3 is 7.12 Å². The average Bonchev–Trinajstić information content (AvgIpc) is 2.53. The molecule has 1 aliphatic rings. The van der Waals surface area contributed by atoms with Gasteiger partial charge < -0.3 is 13.9 Å². The quantitative estimate of drug-likeness (QED) is 0.796. The molecule has 0 amide bonds. The zero-order valence-electron chi connectivity index (χ0n) is 12.3. The summed E-state index contributed by atoms with van der Waals surface area (Å²) in [5.41, 5.74) is -2.17. The fourth-order valence-corrected chi connectivity index (χ4v) is 2.01. The molecule has 0 aromatic carbocycles. The lowest BCUT2D eigenvalue weighted by molar-refractivity contribution is 0.00578. The third-order valence-electron chi connectivity index (χ3n) is 3.92. The monoisotopic (exact) mass is 303 g/mol. The SMILES string of the molecule is CC1(C)OB(c2cc(F)c(=O)n(CC(F)F)c2)OC1(C)C. The third kappa shape index (κ3) is 3.01. The van der Waals surface area contributed by atoms with Crippen molar-refractivity contribution in [1.82, 2.24) is 4.57 Å². The molecule has 0 radical (unpaired) electrons. The van der Waals surface area contributed by atoms with E-state index in [0.717, 1.165) is 12.3 Å². The maximum absolute atomic E-state index is 13.6. The maximum Gasteiger partial charge on any atom is 0.496 e. The Kier molecular flexibility index (Phi) is 3.97. The van der Waals surface area contributed by atoms with E-state index in [0.29, 0.717) is 4.57 Å². The Bertz CT molecular complexity index is 585. The molecule has 0 aliphatic carbocycles. The highest BCUT2D eigenvalue weighted by Gasteiger charge is 2.52. The van der Waals surface area contributed by atoms with Crippen LogP contribution in [0.15, 0.2) is 17.1 Å². The van der Waals surface area contributed by atoms with Gasteiger partial charge in [-0.05, 0) is 33.8 Å². The molecule has 1 fully saturated rings. The predicted octanol–water partition coefficient (Wildman–Crippen LogP) is 1.55. The summed E-state index contributed by atoms with van der Waals surface area (Å²) in [6, 6.07) is 0.965. The summed E-state index contributed by atoms with van der Waals surface area (Å²) in [5.74, 6) is -1.11. The lowest BCUT2D eigenvalue weighted by Crippen LogP contribution is -2.41. The second kappa shape index (κ2) is 5.17. The number of aromatic nitrogens is 1. The van der Waals surface area contributed by atoms with Crippen molar-refractivity contribution in [2.45, 2.75) is 51.9 Å². The molecule has 0 unspecified atom stereocenters. The molecule has 2 rings (SSSR count). The van der Waals surface area contributed by atoms with E-state index in [1.807, 2.05) is 27.7 Å². The number of alkyl halides is 2. The number of hydrogen-bond donors (Lipinski definition) is 0. The highest BCUT2D eigenvalue weighted by atomic mass is 19.3. The maximum atomic E-state index is 13.6. The molecule has 0 atom stereocenters. The summed E-state index contributed by atoms with van der Waals surface area (Å²) in [5, 5.41) is 0. The Labute approximate surface area is 121 Å². The first kappa shape index (κ1) is 16.1. The van der Waals surface area contributed by atoms with Crippen LogP contribution in [0.3, 0.4) is 0 Å². The van der Waals surface area contributed by atoms with Crippen LogP contribution < -0.4 is 11.0 Å². The van der Waals surface area contributed by atoms with Gasteiger partial charge in [-0.1, -0.05) is 0 Å². The van der Waals surface area contributed by atoms with Gasteiger partial charge in [-0.25, -0.2) is 13.2 Å². The molecule has 0 N–H and O–H groups in total. The van der Waals surface area contributed by atoms with Gasteiger partial charge in [-0.2, -0.15) is 0 Å². The Hall–Kier alpha value is -1.28. The van der Waals surface area contributed by atoms with Crippen molar-refractivity contribution >= 4 is 12.6 Å². The first-order valence-electron chi connectivity index (χ1n) is 6.57. The van der Waals surface area contributed by atoms with Crippen LogP contribution >= 0.6 is 0 Å². The minimum absolute atomic E-state index is 0.200. The van der Waals surface area contributed by atoms with Crippen molar-refractivity contribution in [3.05, 3.63) is 28.4 Å². The van der Waals surface area contributed by atoms with Crippen LogP contribution in [0.1, 0.15) is 27.7 Å². The van der Waals surface area contributed by atoms with Gasteiger partial charge in [0.25, 0.3) is 12.0 Å². The van der Waals surface area contributed by atoms with Crippen LogP contribution in [0.4, 0.5) is 13.2 Å². The summed E-state index contributed by atoms with van der Waals surface area (Å²) >= 11 is 0. The minimum atomic E-state index is -2.75. The normalized spacial score (nSPS) is 20.3. The molecule has 1 saturated heterocycles.